The second kappa shape index (κ2) is 4.70. The fraction of sp³-hybridized carbons (Fsp3) is 0.167. The van der Waals surface area contributed by atoms with Crippen molar-refractivity contribution in [1.29, 1.82) is 0 Å². The van der Waals surface area contributed by atoms with Gasteiger partial charge in [0.05, 0.1) is 7.11 Å². The molecule has 2 N–H and O–H groups in total. The second-order valence-corrected chi connectivity index (χ2v) is 3.45. The summed E-state index contributed by atoms with van der Waals surface area (Å²) in [5.41, 5.74) is 1.82. The summed E-state index contributed by atoms with van der Waals surface area (Å²) in [6, 6.07) is 6.51. The van der Waals surface area contributed by atoms with Crippen molar-refractivity contribution in [2.45, 2.75) is 6.54 Å². The van der Waals surface area contributed by atoms with Crippen molar-refractivity contribution in [3.8, 4) is 5.75 Å². The molecule has 0 saturated carbocycles. The van der Waals surface area contributed by atoms with Gasteiger partial charge in [0.15, 0.2) is 0 Å². The van der Waals surface area contributed by atoms with Crippen LogP contribution >= 0.6 is 0 Å². The topological polar surface area (TPSA) is 37.0 Å². The summed E-state index contributed by atoms with van der Waals surface area (Å²) in [4.78, 5) is 2.96. The van der Waals surface area contributed by atoms with Crippen LogP contribution in [-0.2, 0) is 6.54 Å². The number of ether oxygens (including phenoxy) is 1. The van der Waals surface area contributed by atoms with Gasteiger partial charge in [-0.2, -0.15) is 0 Å². The largest absolute Gasteiger partial charge is 0.497 e. The van der Waals surface area contributed by atoms with Crippen LogP contribution in [0.15, 0.2) is 36.7 Å². The molecule has 84 valence electrons. The van der Waals surface area contributed by atoms with E-state index in [2.05, 4.69) is 10.3 Å². The average molecular weight is 220 g/mol. The van der Waals surface area contributed by atoms with Crippen LogP contribution in [0.1, 0.15) is 5.56 Å². The summed E-state index contributed by atoms with van der Waals surface area (Å²) >= 11 is 0. The highest BCUT2D eigenvalue weighted by atomic mass is 19.1. The van der Waals surface area contributed by atoms with E-state index in [0.29, 0.717) is 18.0 Å². The molecular formula is C12H13FN2O. The standard InChI is InChI=1S/C12H13FN2O/c1-16-12-5-10(13)4-11(6-12)15-8-9-2-3-14-7-9/h2-7,14-15H,8H2,1H3. The van der Waals surface area contributed by atoms with Gasteiger partial charge in [0.2, 0.25) is 0 Å². The van der Waals surface area contributed by atoms with E-state index < -0.39 is 0 Å². The number of hydrogen-bond donors (Lipinski definition) is 2. The highest BCUT2D eigenvalue weighted by Gasteiger charge is 2.00. The van der Waals surface area contributed by atoms with Crippen LogP contribution in [-0.4, -0.2) is 12.1 Å². The Morgan fingerprint density at radius 2 is 2.25 bits per heavy atom. The lowest BCUT2D eigenvalue weighted by atomic mass is 10.2. The van der Waals surface area contributed by atoms with Crippen LogP contribution < -0.4 is 10.1 Å². The SMILES string of the molecule is COc1cc(F)cc(NCc2cc[nH]c2)c1. The van der Waals surface area contributed by atoms with Gasteiger partial charge in [0.1, 0.15) is 11.6 Å². The first kappa shape index (κ1) is 10.5. The van der Waals surface area contributed by atoms with Crippen molar-refractivity contribution in [1.82, 2.24) is 4.98 Å². The molecule has 0 fully saturated rings. The lowest BCUT2D eigenvalue weighted by molar-refractivity contribution is 0.411. The summed E-state index contributed by atoms with van der Waals surface area (Å²) in [6.45, 7) is 0.649. The Bertz CT molecular complexity index is 454. The Labute approximate surface area is 93.3 Å². The smallest absolute Gasteiger partial charge is 0.128 e. The number of aromatic nitrogens is 1. The lowest BCUT2D eigenvalue weighted by Crippen LogP contribution is -1.99. The van der Waals surface area contributed by atoms with E-state index in [9.17, 15) is 4.39 Å². The Morgan fingerprint density at radius 3 is 2.94 bits per heavy atom. The summed E-state index contributed by atoms with van der Waals surface area (Å²) < 4.78 is 18.1. The van der Waals surface area contributed by atoms with Crippen molar-refractivity contribution in [3.05, 3.63) is 48.0 Å². The van der Waals surface area contributed by atoms with E-state index in [1.165, 1.54) is 19.2 Å². The summed E-state index contributed by atoms with van der Waals surface area (Å²) in [5, 5.41) is 3.12. The molecule has 4 heteroatoms. The Balaban J connectivity index is 2.06. The predicted molar refractivity (Wildman–Crippen MR) is 61.1 cm³/mol. The normalized spacial score (nSPS) is 10.1. The van der Waals surface area contributed by atoms with Crippen LogP contribution in [0.2, 0.25) is 0 Å². The third kappa shape index (κ3) is 2.53. The molecule has 0 aliphatic heterocycles. The minimum atomic E-state index is -0.309. The number of H-pyrrole nitrogens is 1. The number of anilines is 1. The molecule has 2 rings (SSSR count). The first-order valence-corrected chi connectivity index (χ1v) is 4.98. The van der Waals surface area contributed by atoms with Crippen LogP contribution in [0, 0.1) is 5.82 Å². The van der Waals surface area contributed by atoms with Gasteiger partial charge in [-0.1, -0.05) is 0 Å². The number of halogens is 1. The molecule has 1 aromatic heterocycles. The molecule has 0 aliphatic carbocycles. The second-order valence-electron chi connectivity index (χ2n) is 3.45. The number of rotatable bonds is 4. The molecule has 0 atom stereocenters. The zero-order chi connectivity index (χ0) is 11.4. The number of hydrogen-bond acceptors (Lipinski definition) is 2. The third-order valence-corrected chi connectivity index (χ3v) is 2.27. The molecule has 0 spiro atoms. The van der Waals surface area contributed by atoms with E-state index in [0.717, 1.165) is 5.56 Å². The van der Waals surface area contributed by atoms with Gasteiger partial charge < -0.3 is 15.0 Å². The van der Waals surface area contributed by atoms with Crippen molar-refractivity contribution < 1.29 is 9.13 Å². The molecule has 0 saturated heterocycles. The summed E-state index contributed by atoms with van der Waals surface area (Å²) in [7, 11) is 1.52. The molecule has 0 radical (unpaired) electrons. The molecule has 16 heavy (non-hydrogen) atoms. The number of methoxy groups -OCH3 is 1. The van der Waals surface area contributed by atoms with Crippen LogP contribution in [0.3, 0.4) is 0 Å². The summed E-state index contributed by atoms with van der Waals surface area (Å²) in [6.07, 6.45) is 3.74. The molecule has 1 heterocycles. The third-order valence-electron chi connectivity index (χ3n) is 2.27. The summed E-state index contributed by atoms with van der Waals surface area (Å²) in [5.74, 6) is 0.201. The first-order valence-electron chi connectivity index (χ1n) is 4.98. The monoisotopic (exact) mass is 220 g/mol. The van der Waals surface area contributed by atoms with Crippen molar-refractivity contribution in [2.24, 2.45) is 0 Å². The van der Waals surface area contributed by atoms with Gasteiger partial charge in [0, 0.05) is 36.8 Å². The maximum absolute atomic E-state index is 13.2. The molecule has 0 bridgehead atoms. The van der Waals surface area contributed by atoms with Crippen LogP contribution in [0.4, 0.5) is 10.1 Å². The van der Waals surface area contributed by atoms with Crippen LogP contribution in [0.5, 0.6) is 5.75 Å². The highest BCUT2D eigenvalue weighted by Crippen LogP contribution is 2.20. The molecule has 1 aromatic carbocycles. The maximum Gasteiger partial charge on any atom is 0.128 e. The van der Waals surface area contributed by atoms with Gasteiger partial charge >= 0.3 is 0 Å². The van der Waals surface area contributed by atoms with Gasteiger partial charge in [0.25, 0.3) is 0 Å². The lowest BCUT2D eigenvalue weighted by Gasteiger charge is -2.07. The minimum absolute atomic E-state index is 0.309. The molecule has 0 unspecified atom stereocenters. The Hall–Kier alpha value is -1.97. The number of aromatic amines is 1. The van der Waals surface area contributed by atoms with Crippen molar-refractivity contribution in [3.63, 3.8) is 0 Å². The Morgan fingerprint density at radius 1 is 1.38 bits per heavy atom. The fourth-order valence-corrected chi connectivity index (χ4v) is 1.46. The first-order chi connectivity index (χ1) is 7.78. The quantitative estimate of drug-likeness (QED) is 0.831. The fourth-order valence-electron chi connectivity index (χ4n) is 1.46. The minimum Gasteiger partial charge on any atom is -0.497 e. The van der Waals surface area contributed by atoms with E-state index in [1.807, 2.05) is 18.5 Å². The van der Waals surface area contributed by atoms with E-state index in [-0.39, 0.29) is 5.82 Å². The van der Waals surface area contributed by atoms with Gasteiger partial charge in [-0.25, -0.2) is 4.39 Å². The molecule has 0 amide bonds. The zero-order valence-corrected chi connectivity index (χ0v) is 8.96. The van der Waals surface area contributed by atoms with E-state index in [4.69, 9.17) is 4.74 Å². The van der Waals surface area contributed by atoms with Crippen molar-refractivity contribution in [2.75, 3.05) is 12.4 Å². The number of nitrogens with one attached hydrogen (secondary N) is 2. The molecule has 2 aromatic rings. The van der Waals surface area contributed by atoms with Crippen LogP contribution in [0.25, 0.3) is 0 Å². The van der Waals surface area contributed by atoms with E-state index >= 15 is 0 Å². The number of benzene rings is 1. The van der Waals surface area contributed by atoms with Gasteiger partial charge in [-0.3, -0.25) is 0 Å². The zero-order valence-electron chi connectivity index (χ0n) is 8.96. The maximum atomic E-state index is 13.2. The molecule has 0 aliphatic rings. The van der Waals surface area contributed by atoms with Gasteiger partial charge in [-0.15, -0.1) is 0 Å². The Kier molecular flexibility index (Phi) is 3.10. The van der Waals surface area contributed by atoms with Crippen molar-refractivity contribution >= 4 is 5.69 Å². The van der Waals surface area contributed by atoms with E-state index in [1.54, 1.807) is 6.07 Å². The molecule has 3 nitrogen and oxygen atoms in total. The van der Waals surface area contributed by atoms with Gasteiger partial charge in [-0.05, 0) is 17.7 Å². The average Bonchev–Trinajstić information content (AvgIpc) is 2.78. The molecular weight excluding hydrogens is 207 g/mol. The highest BCUT2D eigenvalue weighted by molar-refractivity contribution is 5.49. The predicted octanol–water partition coefficient (Wildman–Crippen LogP) is 2.77.